The molecule has 0 saturated heterocycles. The lowest BCUT2D eigenvalue weighted by molar-refractivity contribution is 0.0950. The van der Waals surface area contributed by atoms with Crippen LogP contribution in [-0.4, -0.2) is 22.3 Å². The molecule has 0 fully saturated rings. The number of H-pyrrole nitrogens is 1. The van der Waals surface area contributed by atoms with Crippen LogP contribution in [0.25, 0.3) is 17.5 Å². The number of amides is 1. The number of aromatic amines is 1. The standard InChI is InChI=1S/C15H12N4O3/c20-15(19-16-7-1-4-11-5-2-8-21-11)13-10-12(17-18-13)14-6-3-9-22-14/h1-10H,(H,17,18)(H,19,20). The molecule has 0 aromatic carbocycles. The molecule has 0 bridgehead atoms. The van der Waals surface area contributed by atoms with Crippen molar-refractivity contribution in [1.29, 1.82) is 0 Å². The predicted molar refractivity (Wildman–Crippen MR) is 80.0 cm³/mol. The van der Waals surface area contributed by atoms with Gasteiger partial charge in [-0.15, -0.1) is 0 Å². The minimum atomic E-state index is -0.420. The van der Waals surface area contributed by atoms with Gasteiger partial charge in [0.2, 0.25) is 0 Å². The molecule has 110 valence electrons. The minimum Gasteiger partial charge on any atom is -0.465 e. The lowest BCUT2D eigenvalue weighted by atomic mass is 10.3. The van der Waals surface area contributed by atoms with E-state index in [2.05, 4.69) is 20.7 Å². The zero-order valence-corrected chi connectivity index (χ0v) is 11.4. The van der Waals surface area contributed by atoms with Crippen molar-refractivity contribution in [2.75, 3.05) is 0 Å². The summed E-state index contributed by atoms with van der Waals surface area (Å²) >= 11 is 0. The Morgan fingerprint density at radius 2 is 2.14 bits per heavy atom. The second kappa shape index (κ2) is 6.40. The van der Waals surface area contributed by atoms with Gasteiger partial charge in [-0.3, -0.25) is 9.89 Å². The van der Waals surface area contributed by atoms with Crippen molar-refractivity contribution >= 4 is 18.2 Å². The van der Waals surface area contributed by atoms with Crippen molar-refractivity contribution < 1.29 is 13.6 Å². The molecule has 1 amide bonds. The third kappa shape index (κ3) is 3.21. The number of rotatable bonds is 5. The molecule has 22 heavy (non-hydrogen) atoms. The molecule has 0 aliphatic rings. The summed E-state index contributed by atoms with van der Waals surface area (Å²) in [7, 11) is 0. The van der Waals surface area contributed by atoms with Crippen LogP contribution in [0.3, 0.4) is 0 Å². The van der Waals surface area contributed by atoms with E-state index in [0.717, 1.165) is 0 Å². The van der Waals surface area contributed by atoms with Crippen molar-refractivity contribution in [1.82, 2.24) is 15.6 Å². The number of aromatic nitrogens is 2. The summed E-state index contributed by atoms with van der Waals surface area (Å²) in [6.07, 6.45) is 7.94. The zero-order chi connectivity index (χ0) is 15.2. The quantitative estimate of drug-likeness (QED) is 0.559. The summed E-state index contributed by atoms with van der Waals surface area (Å²) in [4.78, 5) is 11.8. The minimum absolute atomic E-state index is 0.221. The summed E-state index contributed by atoms with van der Waals surface area (Å²) < 4.78 is 10.3. The van der Waals surface area contributed by atoms with Crippen molar-refractivity contribution in [2.24, 2.45) is 5.10 Å². The van der Waals surface area contributed by atoms with E-state index < -0.39 is 5.91 Å². The molecule has 3 aromatic heterocycles. The second-order valence-corrected chi connectivity index (χ2v) is 4.24. The van der Waals surface area contributed by atoms with Gasteiger partial charge < -0.3 is 8.83 Å². The van der Waals surface area contributed by atoms with Crippen molar-refractivity contribution in [3.63, 3.8) is 0 Å². The Morgan fingerprint density at radius 3 is 2.91 bits per heavy atom. The predicted octanol–water partition coefficient (Wildman–Crippen LogP) is 2.69. The molecule has 7 heteroatoms. The molecule has 0 spiro atoms. The van der Waals surface area contributed by atoms with Crippen molar-refractivity contribution in [3.05, 3.63) is 60.4 Å². The number of furan rings is 2. The normalized spacial score (nSPS) is 11.5. The Kier molecular flexibility index (Phi) is 3.96. The van der Waals surface area contributed by atoms with E-state index in [1.165, 1.54) is 6.21 Å². The van der Waals surface area contributed by atoms with Crippen LogP contribution in [-0.2, 0) is 0 Å². The maximum Gasteiger partial charge on any atom is 0.291 e. The fourth-order valence-electron chi connectivity index (χ4n) is 1.72. The highest BCUT2D eigenvalue weighted by Crippen LogP contribution is 2.17. The van der Waals surface area contributed by atoms with Crippen molar-refractivity contribution in [3.8, 4) is 11.5 Å². The van der Waals surface area contributed by atoms with Gasteiger partial charge in [0.25, 0.3) is 5.91 Å². The van der Waals surface area contributed by atoms with Crippen LogP contribution in [0.4, 0.5) is 0 Å². The SMILES string of the molecule is O=C(NN=CC=Cc1ccco1)c1cc(-c2ccco2)[nH]n1. The first-order chi connectivity index (χ1) is 10.8. The van der Waals surface area contributed by atoms with Crippen LogP contribution in [0.1, 0.15) is 16.2 Å². The maximum atomic E-state index is 11.8. The molecule has 2 N–H and O–H groups in total. The Balaban J connectivity index is 1.56. The zero-order valence-electron chi connectivity index (χ0n) is 11.4. The third-order valence-electron chi connectivity index (χ3n) is 2.73. The lowest BCUT2D eigenvalue weighted by Crippen LogP contribution is -2.17. The number of carbonyl (C=O) groups excluding carboxylic acids is 1. The molecule has 0 unspecified atom stereocenters. The number of hydrazone groups is 1. The molecular formula is C15H12N4O3. The molecule has 3 aromatic rings. The summed E-state index contributed by atoms with van der Waals surface area (Å²) in [6.45, 7) is 0. The maximum absolute atomic E-state index is 11.8. The Hall–Kier alpha value is -3.35. The molecule has 0 aliphatic heterocycles. The average Bonchev–Trinajstić information content (AvgIpc) is 3.26. The number of carbonyl (C=O) groups is 1. The van der Waals surface area contributed by atoms with Gasteiger partial charge in [-0.2, -0.15) is 10.2 Å². The van der Waals surface area contributed by atoms with Crippen LogP contribution in [0.15, 0.2) is 62.9 Å². The Morgan fingerprint density at radius 1 is 1.27 bits per heavy atom. The first kappa shape index (κ1) is 13.6. The first-order valence-electron chi connectivity index (χ1n) is 6.46. The van der Waals surface area contributed by atoms with E-state index in [9.17, 15) is 4.79 Å². The topological polar surface area (TPSA) is 96.4 Å². The van der Waals surface area contributed by atoms with Crippen LogP contribution in [0, 0.1) is 0 Å². The molecule has 0 radical (unpaired) electrons. The van der Waals surface area contributed by atoms with E-state index in [1.807, 2.05) is 6.07 Å². The number of allylic oxidation sites excluding steroid dienone is 1. The smallest absolute Gasteiger partial charge is 0.291 e. The van der Waals surface area contributed by atoms with Gasteiger partial charge in [-0.05, 0) is 36.4 Å². The number of nitrogens with zero attached hydrogens (tertiary/aromatic N) is 2. The first-order valence-corrected chi connectivity index (χ1v) is 6.46. The summed E-state index contributed by atoms with van der Waals surface area (Å²) in [6, 6.07) is 8.70. The van der Waals surface area contributed by atoms with Gasteiger partial charge in [-0.25, -0.2) is 5.43 Å². The summed E-state index contributed by atoms with van der Waals surface area (Å²) in [5.41, 5.74) is 3.22. The number of nitrogens with one attached hydrogen (secondary N) is 2. The Bertz CT molecular complexity index is 783. The number of hydrogen-bond donors (Lipinski definition) is 2. The van der Waals surface area contributed by atoms with Crippen LogP contribution < -0.4 is 5.43 Å². The lowest BCUT2D eigenvalue weighted by Gasteiger charge is -1.92. The molecule has 3 heterocycles. The largest absolute Gasteiger partial charge is 0.465 e. The molecular weight excluding hydrogens is 284 g/mol. The van der Waals surface area contributed by atoms with Gasteiger partial charge >= 0.3 is 0 Å². The molecule has 0 aliphatic carbocycles. The van der Waals surface area contributed by atoms with Gasteiger partial charge in [0.15, 0.2) is 11.5 Å². The van der Waals surface area contributed by atoms with Gasteiger partial charge in [0.05, 0.1) is 12.5 Å². The monoisotopic (exact) mass is 296 g/mol. The molecule has 3 rings (SSSR count). The van der Waals surface area contributed by atoms with E-state index >= 15 is 0 Å². The highest BCUT2D eigenvalue weighted by Gasteiger charge is 2.11. The highest BCUT2D eigenvalue weighted by molar-refractivity contribution is 5.93. The molecule has 7 nitrogen and oxygen atoms in total. The summed E-state index contributed by atoms with van der Waals surface area (Å²) in [5, 5.41) is 10.4. The van der Waals surface area contributed by atoms with Crippen molar-refractivity contribution in [2.45, 2.75) is 0 Å². The van der Waals surface area contributed by atoms with E-state index in [4.69, 9.17) is 8.83 Å². The van der Waals surface area contributed by atoms with Gasteiger partial charge in [-0.1, -0.05) is 0 Å². The summed E-state index contributed by atoms with van der Waals surface area (Å²) in [5.74, 6) is 0.890. The van der Waals surface area contributed by atoms with E-state index in [-0.39, 0.29) is 5.69 Å². The van der Waals surface area contributed by atoms with Gasteiger partial charge in [0.1, 0.15) is 11.5 Å². The Labute approximate surface area is 125 Å². The highest BCUT2D eigenvalue weighted by atomic mass is 16.3. The third-order valence-corrected chi connectivity index (χ3v) is 2.73. The second-order valence-electron chi connectivity index (χ2n) is 4.24. The molecule has 0 saturated carbocycles. The molecule has 0 atom stereocenters. The fourth-order valence-corrected chi connectivity index (χ4v) is 1.72. The van der Waals surface area contributed by atoms with Crippen LogP contribution in [0.2, 0.25) is 0 Å². The van der Waals surface area contributed by atoms with Crippen LogP contribution >= 0.6 is 0 Å². The van der Waals surface area contributed by atoms with E-state index in [0.29, 0.717) is 17.2 Å². The average molecular weight is 296 g/mol. The van der Waals surface area contributed by atoms with Crippen LogP contribution in [0.5, 0.6) is 0 Å². The van der Waals surface area contributed by atoms with E-state index in [1.54, 1.807) is 48.9 Å². The number of hydrogen-bond acceptors (Lipinski definition) is 5. The fraction of sp³-hybridized carbons (Fsp3) is 0. The van der Waals surface area contributed by atoms with Gasteiger partial charge in [0, 0.05) is 12.3 Å².